The second kappa shape index (κ2) is 4.93. The molecule has 100 valence electrons. The average Bonchev–Trinajstić information content (AvgIpc) is 2.76. The van der Waals surface area contributed by atoms with E-state index in [2.05, 4.69) is 5.32 Å². The molecule has 1 aliphatic rings. The van der Waals surface area contributed by atoms with Gasteiger partial charge in [-0.25, -0.2) is 0 Å². The molecule has 1 N–H and O–H groups in total. The molecule has 0 unspecified atom stereocenters. The van der Waals surface area contributed by atoms with Crippen LogP contribution < -0.4 is 5.32 Å². The van der Waals surface area contributed by atoms with E-state index in [-0.39, 0.29) is 17.7 Å². The first-order valence-electron chi connectivity index (χ1n) is 6.65. The Labute approximate surface area is 117 Å². The smallest absolute Gasteiger partial charge is 0.252 e. The first-order valence-corrected chi connectivity index (χ1v) is 6.65. The number of Topliss-reactive ketones (excluding diaryl/α,β-unsaturated/α-hetero) is 1. The SMILES string of the molecule is Cc1ccc2c(c1)[C@H](CC(=O)c1ccccc1)NC2=O. The largest absolute Gasteiger partial charge is 0.345 e. The highest BCUT2D eigenvalue weighted by Crippen LogP contribution is 2.29. The zero-order valence-electron chi connectivity index (χ0n) is 11.2. The molecule has 1 amide bonds. The van der Waals surface area contributed by atoms with Crippen LogP contribution in [0.15, 0.2) is 48.5 Å². The summed E-state index contributed by atoms with van der Waals surface area (Å²) in [4.78, 5) is 24.1. The van der Waals surface area contributed by atoms with Crippen LogP contribution in [-0.2, 0) is 0 Å². The molecule has 2 aromatic carbocycles. The fraction of sp³-hybridized carbons (Fsp3) is 0.176. The van der Waals surface area contributed by atoms with E-state index >= 15 is 0 Å². The fourth-order valence-electron chi connectivity index (χ4n) is 2.58. The third kappa shape index (κ3) is 2.23. The van der Waals surface area contributed by atoms with Crippen molar-refractivity contribution in [3.63, 3.8) is 0 Å². The molecule has 0 saturated carbocycles. The number of hydrogen-bond acceptors (Lipinski definition) is 2. The van der Waals surface area contributed by atoms with Gasteiger partial charge in [-0.15, -0.1) is 0 Å². The number of rotatable bonds is 3. The molecule has 0 radical (unpaired) electrons. The van der Waals surface area contributed by atoms with E-state index < -0.39 is 0 Å². The van der Waals surface area contributed by atoms with Gasteiger partial charge in [0.25, 0.3) is 5.91 Å². The Hall–Kier alpha value is -2.42. The van der Waals surface area contributed by atoms with Gasteiger partial charge in [0.05, 0.1) is 6.04 Å². The Kier molecular flexibility index (Phi) is 3.11. The van der Waals surface area contributed by atoms with Gasteiger partial charge in [0.15, 0.2) is 5.78 Å². The van der Waals surface area contributed by atoms with E-state index in [0.29, 0.717) is 17.5 Å². The maximum atomic E-state index is 12.3. The van der Waals surface area contributed by atoms with Gasteiger partial charge >= 0.3 is 0 Å². The zero-order chi connectivity index (χ0) is 14.1. The predicted octanol–water partition coefficient (Wildman–Crippen LogP) is 3.05. The lowest BCUT2D eigenvalue weighted by molar-refractivity contribution is 0.0933. The van der Waals surface area contributed by atoms with Crippen molar-refractivity contribution in [2.75, 3.05) is 0 Å². The number of amides is 1. The summed E-state index contributed by atoms with van der Waals surface area (Å²) in [5.74, 6) is -0.0453. The second-order valence-electron chi connectivity index (χ2n) is 5.11. The van der Waals surface area contributed by atoms with E-state index in [1.165, 1.54) is 0 Å². The van der Waals surface area contributed by atoms with E-state index in [0.717, 1.165) is 11.1 Å². The van der Waals surface area contributed by atoms with Crippen molar-refractivity contribution in [2.45, 2.75) is 19.4 Å². The second-order valence-corrected chi connectivity index (χ2v) is 5.11. The van der Waals surface area contributed by atoms with Crippen LogP contribution in [0.4, 0.5) is 0 Å². The molecule has 0 spiro atoms. The van der Waals surface area contributed by atoms with Crippen LogP contribution in [0.1, 0.15) is 44.3 Å². The molecule has 20 heavy (non-hydrogen) atoms. The maximum absolute atomic E-state index is 12.3. The summed E-state index contributed by atoms with van der Waals surface area (Å²) >= 11 is 0. The lowest BCUT2D eigenvalue weighted by atomic mass is 9.96. The van der Waals surface area contributed by atoms with E-state index in [9.17, 15) is 9.59 Å². The quantitative estimate of drug-likeness (QED) is 0.867. The third-order valence-corrected chi connectivity index (χ3v) is 3.62. The summed E-state index contributed by atoms with van der Waals surface area (Å²) in [5, 5.41) is 2.89. The number of ketones is 1. The standard InChI is InChI=1S/C17H15NO2/c1-11-7-8-13-14(9-11)15(18-17(13)20)10-16(19)12-5-3-2-4-6-12/h2-9,15H,10H2,1H3,(H,18,20)/t15-/m0/s1. The Morgan fingerprint density at radius 1 is 1.15 bits per heavy atom. The lowest BCUT2D eigenvalue weighted by Crippen LogP contribution is -2.21. The molecule has 0 aromatic heterocycles. The van der Waals surface area contributed by atoms with Crippen molar-refractivity contribution in [1.29, 1.82) is 0 Å². The molecule has 1 atom stereocenters. The highest BCUT2D eigenvalue weighted by molar-refractivity contribution is 6.02. The number of benzene rings is 2. The van der Waals surface area contributed by atoms with Crippen molar-refractivity contribution in [3.05, 3.63) is 70.8 Å². The monoisotopic (exact) mass is 265 g/mol. The van der Waals surface area contributed by atoms with Crippen LogP contribution in [0, 0.1) is 6.92 Å². The molecule has 0 fully saturated rings. The molecule has 0 aliphatic carbocycles. The summed E-state index contributed by atoms with van der Waals surface area (Å²) < 4.78 is 0. The number of carbonyl (C=O) groups is 2. The van der Waals surface area contributed by atoms with Gasteiger partial charge in [-0.05, 0) is 18.6 Å². The van der Waals surface area contributed by atoms with Crippen molar-refractivity contribution in [3.8, 4) is 0 Å². The average molecular weight is 265 g/mol. The van der Waals surface area contributed by atoms with Crippen LogP contribution in [0.3, 0.4) is 0 Å². The minimum Gasteiger partial charge on any atom is -0.345 e. The molecule has 0 bridgehead atoms. The summed E-state index contributed by atoms with van der Waals surface area (Å²) in [6.07, 6.45) is 0.298. The summed E-state index contributed by atoms with van der Waals surface area (Å²) in [7, 11) is 0. The normalized spacial score (nSPS) is 16.6. The van der Waals surface area contributed by atoms with Crippen LogP contribution >= 0.6 is 0 Å². The Morgan fingerprint density at radius 2 is 1.90 bits per heavy atom. The van der Waals surface area contributed by atoms with Crippen LogP contribution in [0.5, 0.6) is 0 Å². The molecule has 3 nitrogen and oxygen atoms in total. The van der Waals surface area contributed by atoms with Crippen LogP contribution in [0.2, 0.25) is 0 Å². The number of carbonyl (C=O) groups excluding carboxylic acids is 2. The van der Waals surface area contributed by atoms with Crippen molar-refractivity contribution in [2.24, 2.45) is 0 Å². The van der Waals surface area contributed by atoms with E-state index in [1.807, 2.05) is 43.3 Å². The minimum absolute atomic E-state index is 0.0465. The van der Waals surface area contributed by atoms with Gasteiger partial charge in [0, 0.05) is 17.5 Å². The zero-order valence-corrected chi connectivity index (χ0v) is 11.2. The predicted molar refractivity (Wildman–Crippen MR) is 76.8 cm³/mol. The number of hydrogen-bond donors (Lipinski definition) is 1. The van der Waals surface area contributed by atoms with Gasteiger partial charge in [0.1, 0.15) is 0 Å². The molecule has 1 heterocycles. The molecule has 3 heteroatoms. The lowest BCUT2D eigenvalue weighted by Gasteiger charge is -2.11. The van der Waals surface area contributed by atoms with Gasteiger partial charge in [-0.1, -0.05) is 48.0 Å². The van der Waals surface area contributed by atoms with Crippen molar-refractivity contribution >= 4 is 11.7 Å². The van der Waals surface area contributed by atoms with Crippen LogP contribution in [0.25, 0.3) is 0 Å². The molecule has 1 aliphatic heterocycles. The van der Waals surface area contributed by atoms with Crippen molar-refractivity contribution in [1.82, 2.24) is 5.32 Å². The number of fused-ring (bicyclic) bond motifs is 1. The Morgan fingerprint density at radius 3 is 2.65 bits per heavy atom. The number of aryl methyl sites for hydroxylation is 1. The van der Waals surface area contributed by atoms with E-state index in [4.69, 9.17) is 0 Å². The van der Waals surface area contributed by atoms with Crippen LogP contribution in [-0.4, -0.2) is 11.7 Å². The molecule has 0 saturated heterocycles. The van der Waals surface area contributed by atoms with Gasteiger partial charge in [-0.2, -0.15) is 0 Å². The minimum atomic E-state index is -0.217. The van der Waals surface area contributed by atoms with Gasteiger partial charge in [0.2, 0.25) is 0 Å². The summed E-state index contributed by atoms with van der Waals surface area (Å²) in [5.41, 5.74) is 3.39. The van der Waals surface area contributed by atoms with Crippen molar-refractivity contribution < 1.29 is 9.59 Å². The highest BCUT2D eigenvalue weighted by atomic mass is 16.2. The molecular formula is C17H15NO2. The topological polar surface area (TPSA) is 46.2 Å². The Balaban J connectivity index is 1.86. The molecule has 3 rings (SSSR count). The van der Waals surface area contributed by atoms with Gasteiger partial charge in [-0.3, -0.25) is 9.59 Å². The van der Waals surface area contributed by atoms with Gasteiger partial charge < -0.3 is 5.32 Å². The first kappa shape index (κ1) is 12.6. The molecular weight excluding hydrogens is 250 g/mol. The first-order chi connectivity index (χ1) is 9.65. The highest BCUT2D eigenvalue weighted by Gasteiger charge is 2.30. The number of nitrogens with one attached hydrogen (secondary N) is 1. The third-order valence-electron chi connectivity index (χ3n) is 3.62. The summed E-state index contributed by atoms with van der Waals surface area (Å²) in [6, 6.07) is 14.7. The van der Waals surface area contributed by atoms with E-state index in [1.54, 1.807) is 12.1 Å². The fourth-order valence-corrected chi connectivity index (χ4v) is 2.58. The maximum Gasteiger partial charge on any atom is 0.252 e. The summed E-state index contributed by atoms with van der Waals surface area (Å²) in [6.45, 7) is 1.99. The molecule has 2 aromatic rings. The Bertz CT molecular complexity index is 677.